The van der Waals surface area contributed by atoms with Crippen molar-refractivity contribution in [2.75, 3.05) is 12.8 Å². The van der Waals surface area contributed by atoms with Crippen LogP contribution < -0.4 is 4.72 Å². The van der Waals surface area contributed by atoms with Gasteiger partial charge in [-0.25, -0.2) is 17.9 Å². The average molecular weight is 335 g/mol. The fourth-order valence-electron chi connectivity index (χ4n) is 2.17. The molecule has 0 saturated heterocycles. The van der Waals surface area contributed by atoms with Gasteiger partial charge in [0.25, 0.3) is 0 Å². The van der Waals surface area contributed by atoms with Crippen LogP contribution in [0.5, 0.6) is 0 Å². The third-order valence-corrected chi connectivity index (χ3v) is 7.77. The molecule has 1 aliphatic rings. The standard InChI is InChI=1S/C12H17NO4S3/c1-8-10(6-9(19-8)11(14)15)20(16,17)13-7-12(18-2)4-3-5-12/h6,13H,3-5,7H2,1-2H3,(H,14,15). The topological polar surface area (TPSA) is 83.5 Å². The highest BCUT2D eigenvalue weighted by atomic mass is 32.2. The summed E-state index contributed by atoms with van der Waals surface area (Å²) in [4.78, 5) is 11.5. The molecule has 0 unspecified atom stereocenters. The van der Waals surface area contributed by atoms with Gasteiger partial charge in [-0.3, -0.25) is 0 Å². The van der Waals surface area contributed by atoms with Crippen molar-refractivity contribution in [3.63, 3.8) is 0 Å². The van der Waals surface area contributed by atoms with E-state index in [-0.39, 0.29) is 14.5 Å². The van der Waals surface area contributed by atoms with Crippen molar-refractivity contribution < 1.29 is 18.3 Å². The summed E-state index contributed by atoms with van der Waals surface area (Å²) in [5.74, 6) is -1.10. The smallest absolute Gasteiger partial charge is 0.345 e. The van der Waals surface area contributed by atoms with Crippen LogP contribution in [0, 0.1) is 6.92 Å². The van der Waals surface area contributed by atoms with E-state index in [4.69, 9.17) is 5.11 Å². The molecule has 1 fully saturated rings. The minimum Gasteiger partial charge on any atom is -0.477 e. The first-order chi connectivity index (χ1) is 9.30. The van der Waals surface area contributed by atoms with Gasteiger partial charge in [-0.15, -0.1) is 11.3 Å². The zero-order chi connectivity index (χ0) is 15.0. The molecule has 1 heterocycles. The fraction of sp³-hybridized carbons (Fsp3) is 0.583. The first-order valence-electron chi connectivity index (χ1n) is 6.18. The maximum Gasteiger partial charge on any atom is 0.345 e. The molecule has 0 amide bonds. The molecule has 0 aliphatic heterocycles. The van der Waals surface area contributed by atoms with Crippen molar-refractivity contribution in [1.82, 2.24) is 4.72 Å². The summed E-state index contributed by atoms with van der Waals surface area (Å²) in [7, 11) is -3.64. The van der Waals surface area contributed by atoms with Crippen molar-refractivity contribution in [3.05, 3.63) is 15.8 Å². The highest BCUT2D eigenvalue weighted by molar-refractivity contribution is 8.00. The molecule has 1 saturated carbocycles. The SMILES string of the molecule is CSC1(CNS(=O)(=O)c2cc(C(=O)O)sc2C)CCC1. The van der Waals surface area contributed by atoms with Crippen LogP contribution in [0.2, 0.25) is 0 Å². The second kappa shape index (κ2) is 5.67. The van der Waals surface area contributed by atoms with Crippen LogP contribution in [-0.4, -0.2) is 37.0 Å². The zero-order valence-electron chi connectivity index (χ0n) is 11.3. The molecule has 0 radical (unpaired) electrons. The first kappa shape index (κ1) is 15.8. The summed E-state index contributed by atoms with van der Waals surface area (Å²) in [6.07, 6.45) is 5.15. The van der Waals surface area contributed by atoms with Gasteiger partial charge in [0.05, 0.1) is 4.90 Å². The van der Waals surface area contributed by atoms with E-state index in [9.17, 15) is 13.2 Å². The maximum absolute atomic E-state index is 12.3. The maximum atomic E-state index is 12.3. The summed E-state index contributed by atoms with van der Waals surface area (Å²) in [5, 5.41) is 8.92. The number of hydrogen-bond donors (Lipinski definition) is 2. The molecular weight excluding hydrogens is 318 g/mol. The number of carbonyl (C=O) groups is 1. The number of nitrogens with one attached hydrogen (secondary N) is 1. The number of hydrogen-bond acceptors (Lipinski definition) is 5. The van der Waals surface area contributed by atoms with Gasteiger partial charge >= 0.3 is 5.97 Å². The van der Waals surface area contributed by atoms with Gasteiger partial charge in [0, 0.05) is 16.2 Å². The number of aromatic carboxylic acids is 1. The minimum absolute atomic E-state index is 0.00657. The van der Waals surface area contributed by atoms with Crippen LogP contribution in [0.4, 0.5) is 0 Å². The lowest BCUT2D eigenvalue weighted by Gasteiger charge is -2.40. The Bertz CT molecular complexity index is 611. The van der Waals surface area contributed by atoms with Gasteiger partial charge in [0.1, 0.15) is 4.88 Å². The quantitative estimate of drug-likeness (QED) is 0.833. The Kier molecular flexibility index (Phi) is 4.48. The van der Waals surface area contributed by atoms with Gasteiger partial charge in [-0.1, -0.05) is 6.42 Å². The molecule has 8 heteroatoms. The van der Waals surface area contributed by atoms with E-state index < -0.39 is 16.0 Å². The van der Waals surface area contributed by atoms with Crippen LogP contribution in [-0.2, 0) is 10.0 Å². The summed E-state index contributed by atoms with van der Waals surface area (Å²) in [5.41, 5.74) is 0. The lowest BCUT2D eigenvalue weighted by molar-refractivity contribution is 0.0702. The number of aryl methyl sites for hydroxylation is 1. The van der Waals surface area contributed by atoms with Crippen LogP contribution >= 0.6 is 23.1 Å². The number of thiophene rings is 1. The van der Waals surface area contributed by atoms with Gasteiger partial charge in [0.2, 0.25) is 10.0 Å². The second-order valence-corrected chi connectivity index (χ2v) is 9.17. The summed E-state index contributed by atoms with van der Waals surface area (Å²) in [6, 6.07) is 1.23. The van der Waals surface area contributed by atoms with E-state index in [1.807, 2.05) is 6.26 Å². The molecule has 1 aromatic rings. The highest BCUT2D eigenvalue weighted by Gasteiger charge is 2.37. The number of carboxylic acid groups (broad SMARTS) is 1. The summed E-state index contributed by atoms with van der Waals surface area (Å²) >= 11 is 2.68. The second-order valence-electron chi connectivity index (χ2n) is 4.90. The van der Waals surface area contributed by atoms with Gasteiger partial charge < -0.3 is 5.11 Å². The Hall–Kier alpha value is -0.570. The van der Waals surface area contributed by atoms with Crippen LogP contribution in [0.15, 0.2) is 11.0 Å². The first-order valence-corrected chi connectivity index (χ1v) is 9.71. The molecule has 1 aromatic heterocycles. The van der Waals surface area contributed by atoms with E-state index in [0.29, 0.717) is 11.4 Å². The largest absolute Gasteiger partial charge is 0.477 e. The summed E-state index contributed by atoms with van der Waals surface area (Å²) in [6.45, 7) is 2.02. The van der Waals surface area contributed by atoms with Crippen molar-refractivity contribution in [2.45, 2.75) is 35.8 Å². The Labute approximate surface area is 126 Å². The molecule has 5 nitrogen and oxygen atoms in total. The Morgan fingerprint density at radius 2 is 2.20 bits per heavy atom. The third-order valence-electron chi connectivity index (χ3n) is 3.65. The fourth-order valence-corrected chi connectivity index (χ4v) is 5.73. The van der Waals surface area contributed by atoms with Crippen LogP contribution in [0.1, 0.15) is 33.8 Å². The molecule has 2 N–H and O–H groups in total. The number of thioether (sulfide) groups is 1. The third kappa shape index (κ3) is 3.03. The molecule has 0 spiro atoms. The van der Waals surface area contributed by atoms with Gasteiger partial charge in [0.15, 0.2) is 0 Å². The number of rotatable bonds is 6. The predicted molar refractivity (Wildman–Crippen MR) is 81.3 cm³/mol. The van der Waals surface area contributed by atoms with Crippen LogP contribution in [0.3, 0.4) is 0 Å². The molecule has 20 heavy (non-hydrogen) atoms. The van der Waals surface area contributed by atoms with E-state index in [2.05, 4.69) is 4.72 Å². The van der Waals surface area contributed by atoms with Gasteiger partial charge in [-0.05, 0) is 32.1 Å². The normalized spacial score (nSPS) is 17.7. The van der Waals surface area contributed by atoms with Crippen molar-refractivity contribution >= 4 is 39.1 Å². The lowest BCUT2D eigenvalue weighted by atomic mass is 9.84. The van der Waals surface area contributed by atoms with Gasteiger partial charge in [-0.2, -0.15) is 11.8 Å². The van der Waals surface area contributed by atoms with E-state index in [1.165, 1.54) is 6.07 Å². The number of sulfonamides is 1. The minimum atomic E-state index is -3.64. The van der Waals surface area contributed by atoms with Crippen molar-refractivity contribution in [2.24, 2.45) is 0 Å². The van der Waals surface area contributed by atoms with Crippen molar-refractivity contribution in [3.8, 4) is 0 Å². The Morgan fingerprint density at radius 1 is 1.55 bits per heavy atom. The molecule has 2 rings (SSSR count). The predicted octanol–water partition coefficient (Wildman–Crippen LogP) is 2.32. The summed E-state index contributed by atoms with van der Waals surface area (Å²) < 4.78 is 27.2. The molecule has 0 aromatic carbocycles. The number of carboxylic acids is 1. The van der Waals surface area contributed by atoms with E-state index >= 15 is 0 Å². The molecule has 1 aliphatic carbocycles. The monoisotopic (exact) mass is 335 g/mol. The Balaban J connectivity index is 2.16. The van der Waals surface area contributed by atoms with Crippen LogP contribution in [0.25, 0.3) is 0 Å². The van der Waals surface area contributed by atoms with E-state index in [1.54, 1.807) is 18.7 Å². The molecule has 0 atom stereocenters. The molecule has 0 bridgehead atoms. The van der Waals surface area contributed by atoms with Crippen molar-refractivity contribution in [1.29, 1.82) is 0 Å². The zero-order valence-corrected chi connectivity index (χ0v) is 13.8. The average Bonchev–Trinajstić information content (AvgIpc) is 2.71. The van der Waals surface area contributed by atoms with E-state index in [0.717, 1.165) is 30.6 Å². The molecule has 112 valence electrons. The Morgan fingerprint density at radius 3 is 2.60 bits per heavy atom. The highest BCUT2D eigenvalue weighted by Crippen LogP contribution is 2.42. The lowest BCUT2D eigenvalue weighted by Crippen LogP contribution is -2.45. The molecular formula is C12H17NO4S3.